The maximum Gasteiger partial charge on any atom is 0.180 e. The minimum Gasteiger partial charge on any atom is -0.490 e. The molecule has 0 saturated heterocycles. The highest BCUT2D eigenvalue weighted by Crippen LogP contribution is 2.38. The molecule has 0 aliphatic heterocycles. The fraction of sp³-hybridized carbons (Fsp3) is 0.235. The van der Waals surface area contributed by atoms with Crippen molar-refractivity contribution in [2.75, 3.05) is 6.61 Å². The molecule has 0 aliphatic rings. The first kappa shape index (κ1) is 17.0. The van der Waals surface area contributed by atoms with E-state index in [1.807, 2.05) is 43.3 Å². The maximum atomic E-state index is 6.40. The van der Waals surface area contributed by atoms with Gasteiger partial charge >= 0.3 is 0 Å². The van der Waals surface area contributed by atoms with Crippen LogP contribution < -0.4 is 9.47 Å². The van der Waals surface area contributed by atoms with Gasteiger partial charge in [0.2, 0.25) is 0 Å². The Bertz CT molecular complexity index is 796. The lowest BCUT2D eigenvalue weighted by atomic mass is 10.2. The van der Waals surface area contributed by atoms with E-state index in [2.05, 4.69) is 25.9 Å². The molecule has 3 aromatic rings. The molecule has 1 heterocycles. The van der Waals surface area contributed by atoms with Gasteiger partial charge in [-0.2, -0.15) is 0 Å². The first-order valence-corrected chi connectivity index (χ1v) is 8.17. The van der Waals surface area contributed by atoms with Crippen LogP contribution in [0.1, 0.15) is 18.1 Å². The summed E-state index contributed by atoms with van der Waals surface area (Å²) in [4.78, 5) is 0. The fourth-order valence-electron chi connectivity index (χ4n) is 2.23. The molecule has 0 amide bonds. The highest BCUT2D eigenvalue weighted by molar-refractivity contribution is 6.32. The summed E-state index contributed by atoms with van der Waals surface area (Å²) in [6, 6.07) is 13.5. The SMILES string of the molecule is CCOc1cc(C[N-]c2nn[nH]n2)cc(Cl)c1OCc1ccccc1. The summed E-state index contributed by atoms with van der Waals surface area (Å²) in [7, 11) is 0. The number of ether oxygens (including phenoxy) is 2. The highest BCUT2D eigenvalue weighted by Gasteiger charge is 2.12. The van der Waals surface area contributed by atoms with Crippen molar-refractivity contribution in [1.82, 2.24) is 20.6 Å². The molecule has 0 unspecified atom stereocenters. The van der Waals surface area contributed by atoms with Crippen molar-refractivity contribution in [3.05, 3.63) is 63.9 Å². The zero-order valence-electron chi connectivity index (χ0n) is 13.6. The van der Waals surface area contributed by atoms with Gasteiger partial charge in [0, 0.05) is 6.54 Å². The van der Waals surface area contributed by atoms with Gasteiger partial charge < -0.3 is 14.8 Å². The molecule has 0 fully saturated rings. The van der Waals surface area contributed by atoms with Gasteiger partial charge in [0.05, 0.1) is 17.6 Å². The number of nitrogens with zero attached hydrogens (tertiary/aromatic N) is 4. The van der Waals surface area contributed by atoms with Gasteiger partial charge in [0.1, 0.15) is 6.61 Å². The predicted molar refractivity (Wildman–Crippen MR) is 94.3 cm³/mol. The largest absolute Gasteiger partial charge is 0.490 e. The second-order valence-corrected chi connectivity index (χ2v) is 5.55. The van der Waals surface area contributed by atoms with E-state index < -0.39 is 0 Å². The van der Waals surface area contributed by atoms with E-state index >= 15 is 0 Å². The second kappa shape index (κ2) is 8.34. The van der Waals surface area contributed by atoms with Gasteiger partial charge in [-0.1, -0.05) is 41.9 Å². The normalized spacial score (nSPS) is 10.5. The quantitative estimate of drug-likeness (QED) is 0.656. The lowest BCUT2D eigenvalue weighted by Gasteiger charge is -2.16. The number of tetrazole rings is 1. The highest BCUT2D eigenvalue weighted by atomic mass is 35.5. The van der Waals surface area contributed by atoms with Gasteiger partial charge in [0.15, 0.2) is 11.5 Å². The molecule has 0 bridgehead atoms. The molecule has 7 nitrogen and oxygen atoms in total. The van der Waals surface area contributed by atoms with Gasteiger partial charge in [-0.15, -0.1) is 5.21 Å². The van der Waals surface area contributed by atoms with Crippen molar-refractivity contribution in [3.8, 4) is 11.5 Å². The Morgan fingerprint density at radius 2 is 1.96 bits per heavy atom. The van der Waals surface area contributed by atoms with Gasteiger partial charge in [-0.25, -0.2) is 0 Å². The molecule has 0 saturated carbocycles. The number of nitrogens with one attached hydrogen (secondary N) is 1. The van der Waals surface area contributed by atoms with Crippen molar-refractivity contribution in [1.29, 1.82) is 0 Å². The van der Waals surface area contributed by atoms with Crippen LogP contribution in [0, 0.1) is 0 Å². The number of aromatic amines is 1. The number of rotatable bonds is 8. The van der Waals surface area contributed by atoms with Gasteiger partial charge in [-0.05, 0) is 30.2 Å². The van der Waals surface area contributed by atoms with Crippen LogP contribution in [0.4, 0.5) is 5.95 Å². The van der Waals surface area contributed by atoms with E-state index in [-0.39, 0.29) is 0 Å². The Morgan fingerprint density at radius 1 is 1.12 bits per heavy atom. The maximum absolute atomic E-state index is 6.40. The molecule has 8 heteroatoms. The number of halogens is 1. The minimum atomic E-state index is 0.290. The second-order valence-electron chi connectivity index (χ2n) is 5.14. The van der Waals surface area contributed by atoms with E-state index in [1.165, 1.54) is 0 Å². The van der Waals surface area contributed by atoms with Crippen LogP contribution in [0.15, 0.2) is 42.5 Å². The van der Waals surface area contributed by atoms with Crippen LogP contribution in [-0.4, -0.2) is 27.2 Å². The van der Waals surface area contributed by atoms with Crippen LogP contribution in [0.25, 0.3) is 5.32 Å². The van der Waals surface area contributed by atoms with Crippen LogP contribution in [0.3, 0.4) is 0 Å². The summed E-state index contributed by atoms with van der Waals surface area (Å²) in [6.45, 7) is 3.18. The third-order valence-electron chi connectivity index (χ3n) is 3.33. The van der Waals surface area contributed by atoms with Crippen LogP contribution >= 0.6 is 11.6 Å². The zero-order chi connectivity index (χ0) is 17.5. The van der Waals surface area contributed by atoms with Crippen LogP contribution in [-0.2, 0) is 13.2 Å². The Labute approximate surface area is 150 Å². The zero-order valence-corrected chi connectivity index (χ0v) is 14.4. The predicted octanol–water partition coefficient (Wildman–Crippen LogP) is 4.04. The van der Waals surface area contributed by atoms with Gasteiger partial charge in [-0.3, -0.25) is 15.4 Å². The standard InChI is InChI=1S/C17H17ClN5O2/c1-2-24-15-9-13(10-19-17-20-22-23-21-17)8-14(18)16(15)25-11-12-6-4-3-5-7-12/h3-9H,2,10-11H2,1H3,(H-,19,20,21,22,23)/q-1. The summed E-state index contributed by atoms with van der Waals surface area (Å²) in [5.41, 5.74) is 1.92. The summed E-state index contributed by atoms with van der Waals surface area (Å²) in [6.07, 6.45) is 0. The topological polar surface area (TPSA) is 87.0 Å². The number of H-pyrrole nitrogens is 1. The molecule has 1 N–H and O–H groups in total. The first-order chi connectivity index (χ1) is 12.3. The molecule has 0 atom stereocenters. The molecule has 0 aliphatic carbocycles. The number of aromatic nitrogens is 4. The smallest absolute Gasteiger partial charge is 0.180 e. The van der Waals surface area contributed by atoms with Gasteiger partial charge in [0.25, 0.3) is 0 Å². The Morgan fingerprint density at radius 3 is 2.68 bits per heavy atom. The van der Waals surface area contributed by atoms with E-state index in [1.54, 1.807) is 6.07 Å². The molecular formula is C17H17ClN5O2-. The molecular weight excluding hydrogens is 342 g/mol. The summed E-state index contributed by atoms with van der Waals surface area (Å²) < 4.78 is 11.6. The van der Waals surface area contributed by atoms with Crippen molar-refractivity contribution < 1.29 is 9.47 Å². The number of hydrogen-bond donors (Lipinski definition) is 1. The summed E-state index contributed by atoms with van der Waals surface area (Å²) >= 11 is 6.40. The van der Waals surface area contributed by atoms with E-state index in [0.29, 0.717) is 42.2 Å². The molecule has 130 valence electrons. The average molecular weight is 359 g/mol. The third-order valence-corrected chi connectivity index (χ3v) is 3.61. The third kappa shape index (κ3) is 4.60. The van der Waals surface area contributed by atoms with Crippen molar-refractivity contribution >= 4 is 17.5 Å². The lowest BCUT2D eigenvalue weighted by molar-refractivity contribution is 0.269. The summed E-state index contributed by atoms with van der Waals surface area (Å²) in [5, 5.41) is 18.1. The molecule has 2 aromatic carbocycles. The Kier molecular flexibility index (Phi) is 5.69. The Balaban J connectivity index is 1.74. The summed E-state index contributed by atoms with van der Waals surface area (Å²) in [5.74, 6) is 1.40. The van der Waals surface area contributed by atoms with Crippen molar-refractivity contribution in [2.24, 2.45) is 0 Å². The number of benzene rings is 2. The molecule has 3 rings (SSSR count). The molecule has 1 aromatic heterocycles. The molecule has 25 heavy (non-hydrogen) atoms. The van der Waals surface area contributed by atoms with E-state index in [0.717, 1.165) is 11.1 Å². The van der Waals surface area contributed by atoms with Crippen LogP contribution in [0.5, 0.6) is 11.5 Å². The number of hydrogen-bond acceptors (Lipinski definition) is 5. The van der Waals surface area contributed by atoms with Crippen molar-refractivity contribution in [3.63, 3.8) is 0 Å². The molecule has 0 radical (unpaired) electrons. The van der Waals surface area contributed by atoms with Crippen molar-refractivity contribution in [2.45, 2.75) is 20.1 Å². The van der Waals surface area contributed by atoms with Crippen LogP contribution in [0.2, 0.25) is 5.02 Å². The fourth-order valence-corrected chi connectivity index (χ4v) is 2.52. The molecule has 0 spiro atoms. The monoisotopic (exact) mass is 358 g/mol. The lowest BCUT2D eigenvalue weighted by Crippen LogP contribution is -2.01. The first-order valence-electron chi connectivity index (χ1n) is 7.79. The Hall–Kier alpha value is -2.80. The average Bonchev–Trinajstić information content (AvgIpc) is 3.14. The van der Waals surface area contributed by atoms with E-state index in [9.17, 15) is 0 Å². The van der Waals surface area contributed by atoms with E-state index in [4.69, 9.17) is 21.1 Å². The minimum absolute atomic E-state index is 0.290.